The fourth-order valence-corrected chi connectivity index (χ4v) is 4.32. The van der Waals surface area contributed by atoms with Crippen molar-refractivity contribution >= 4 is 11.8 Å². The van der Waals surface area contributed by atoms with Gasteiger partial charge in [-0.25, -0.2) is 0 Å². The lowest BCUT2D eigenvalue weighted by atomic mass is 9.86. The van der Waals surface area contributed by atoms with Crippen molar-refractivity contribution < 1.29 is 9.59 Å². The van der Waals surface area contributed by atoms with E-state index in [0.717, 1.165) is 38.6 Å². The molecule has 2 atom stereocenters. The Morgan fingerprint density at radius 1 is 1.16 bits per heavy atom. The molecule has 25 heavy (non-hydrogen) atoms. The maximum Gasteiger partial charge on any atom is 0.227 e. The minimum atomic E-state index is -0.0597. The van der Waals surface area contributed by atoms with E-state index in [1.165, 1.54) is 11.1 Å². The first-order valence-corrected chi connectivity index (χ1v) is 9.62. The van der Waals surface area contributed by atoms with Crippen molar-refractivity contribution in [2.24, 2.45) is 11.8 Å². The van der Waals surface area contributed by atoms with Gasteiger partial charge in [-0.1, -0.05) is 38.1 Å². The number of carbonyl (C=O) groups excluding carboxylic acids is 2. The molecule has 2 amide bonds. The van der Waals surface area contributed by atoms with Crippen LogP contribution in [0.2, 0.25) is 0 Å². The van der Waals surface area contributed by atoms with Crippen LogP contribution in [-0.4, -0.2) is 41.8 Å². The first-order chi connectivity index (χ1) is 12.0. The van der Waals surface area contributed by atoms with Gasteiger partial charge in [-0.15, -0.1) is 0 Å². The highest BCUT2D eigenvalue weighted by Crippen LogP contribution is 2.35. The van der Waals surface area contributed by atoms with Gasteiger partial charge in [0.05, 0.1) is 12.0 Å². The Morgan fingerprint density at radius 3 is 2.68 bits per heavy atom. The summed E-state index contributed by atoms with van der Waals surface area (Å²) in [6, 6.07) is 8.68. The number of hydrogen-bond donors (Lipinski definition) is 0. The minimum absolute atomic E-state index is 0.00296. The lowest BCUT2D eigenvalue weighted by Gasteiger charge is -2.38. The molecule has 1 saturated heterocycles. The Hall–Kier alpha value is -1.84. The van der Waals surface area contributed by atoms with Crippen molar-refractivity contribution in [1.82, 2.24) is 9.80 Å². The number of likely N-dealkylation sites (tertiary alicyclic amines) is 1. The number of piperidine rings is 1. The van der Waals surface area contributed by atoms with E-state index in [4.69, 9.17) is 0 Å². The molecule has 1 fully saturated rings. The van der Waals surface area contributed by atoms with E-state index in [1.807, 2.05) is 30.7 Å². The summed E-state index contributed by atoms with van der Waals surface area (Å²) in [6.45, 7) is 5.23. The number of rotatable bonds is 3. The molecule has 136 valence electrons. The van der Waals surface area contributed by atoms with E-state index < -0.39 is 0 Å². The van der Waals surface area contributed by atoms with Crippen LogP contribution in [-0.2, 0) is 16.0 Å². The molecule has 1 aromatic rings. The lowest BCUT2D eigenvalue weighted by molar-refractivity contribution is -0.143. The number of benzene rings is 1. The van der Waals surface area contributed by atoms with E-state index in [0.29, 0.717) is 6.54 Å². The van der Waals surface area contributed by atoms with Crippen molar-refractivity contribution in [2.75, 3.05) is 20.1 Å². The molecule has 0 spiro atoms. The fraction of sp³-hybridized carbons (Fsp3) is 0.619. The van der Waals surface area contributed by atoms with E-state index in [2.05, 4.69) is 24.3 Å². The molecule has 2 unspecified atom stereocenters. The van der Waals surface area contributed by atoms with Crippen LogP contribution in [0.3, 0.4) is 0 Å². The standard InChI is InChI=1S/C21H30N2O2/c1-15(2)20(24)23-13-7-10-17(14-23)21(25)22(3)19-12-6-9-16-8-4-5-11-18(16)19/h4-5,8,11,15,17,19H,6-7,9-10,12-14H2,1-3H3. The van der Waals surface area contributed by atoms with Crippen LogP contribution in [0.4, 0.5) is 0 Å². The average Bonchev–Trinajstić information content (AvgIpc) is 2.65. The van der Waals surface area contributed by atoms with Crippen LogP contribution in [0.15, 0.2) is 24.3 Å². The molecular weight excluding hydrogens is 312 g/mol. The second-order valence-electron chi connectivity index (χ2n) is 7.83. The zero-order valence-electron chi connectivity index (χ0n) is 15.7. The maximum absolute atomic E-state index is 13.1. The van der Waals surface area contributed by atoms with E-state index in [-0.39, 0.29) is 29.7 Å². The molecule has 0 saturated carbocycles. The fourth-order valence-electron chi connectivity index (χ4n) is 4.32. The van der Waals surface area contributed by atoms with Gasteiger partial charge in [0, 0.05) is 26.1 Å². The lowest BCUT2D eigenvalue weighted by Crippen LogP contribution is -2.47. The van der Waals surface area contributed by atoms with Crippen LogP contribution < -0.4 is 0 Å². The van der Waals surface area contributed by atoms with Crippen LogP contribution in [0.25, 0.3) is 0 Å². The summed E-state index contributed by atoms with van der Waals surface area (Å²) in [6.07, 6.45) is 5.07. The van der Waals surface area contributed by atoms with E-state index in [1.54, 1.807) is 0 Å². The van der Waals surface area contributed by atoms with Gasteiger partial charge in [0.25, 0.3) is 0 Å². The highest BCUT2D eigenvalue weighted by Gasteiger charge is 2.34. The zero-order chi connectivity index (χ0) is 18.0. The summed E-state index contributed by atoms with van der Waals surface area (Å²) in [4.78, 5) is 29.3. The van der Waals surface area contributed by atoms with Gasteiger partial charge in [0.15, 0.2) is 0 Å². The molecule has 0 aromatic heterocycles. The molecule has 4 heteroatoms. The highest BCUT2D eigenvalue weighted by atomic mass is 16.2. The van der Waals surface area contributed by atoms with Crippen LogP contribution in [0.5, 0.6) is 0 Å². The number of fused-ring (bicyclic) bond motifs is 1. The van der Waals surface area contributed by atoms with Crippen LogP contribution in [0.1, 0.15) is 56.7 Å². The second kappa shape index (κ2) is 7.59. The Morgan fingerprint density at radius 2 is 1.92 bits per heavy atom. The molecule has 2 aliphatic rings. The number of nitrogens with zero attached hydrogens (tertiary/aromatic N) is 2. The minimum Gasteiger partial charge on any atom is -0.342 e. The number of amides is 2. The molecule has 4 nitrogen and oxygen atoms in total. The van der Waals surface area contributed by atoms with Gasteiger partial charge in [0.1, 0.15) is 0 Å². The van der Waals surface area contributed by atoms with Crippen molar-refractivity contribution in [1.29, 1.82) is 0 Å². The van der Waals surface area contributed by atoms with E-state index in [9.17, 15) is 9.59 Å². The Balaban J connectivity index is 1.72. The monoisotopic (exact) mass is 342 g/mol. The summed E-state index contributed by atoms with van der Waals surface area (Å²) < 4.78 is 0. The van der Waals surface area contributed by atoms with Crippen molar-refractivity contribution in [3.05, 3.63) is 35.4 Å². The smallest absolute Gasteiger partial charge is 0.227 e. The largest absolute Gasteiger partial charge is 0.342 e. The predicted molar refractivity (Wildman–Crippen MR) is 99.0 cm³/mol. The molecular formula is C21H30N2O2. The van der Waals surface area contributed by atoms with Gasteiger partial charge < -0.3 is 9.80 Å². The van der Waals surface area contributed by atoms with Gasteiger partial charge in [-0.3, -0.25) is 9.59 Å². The quantitative estimate of drug-likeness (QED) is 0.844. The molecule has 1 aromatic carbocycles. The van der Waals surface area contributed by atoms with Gasteiger partial charge in [0.2, 0.25) is 11.8 Å². The second-order valence-corrected chi connectivity index (χ2v) is 7.83. The van der Waals surface area contributed by atoms with Gasteiger partial charge in [-0.05, 0) is 43.2 Å². The number of aryl methyl sites for hydroxylation is 1. The van der Waals surface area contributed by atoms with Gasteiger partial charge in [-0.2, -0.15) is 0 Å². The third-order valence-electron chi connectivity index (χ3n) is 5.73. The van der Waals surface area contributed by atoms with Crippen LogP contribution >= 0.6 is 0 Å². The highest BCUT2D eigenvalue weighted by molar-refractivity contribution is 5.82. The normalized spacial score (nSPS) is 23.3. The summed E-state index contributed by atoms with van der Waals surface area (Å²) in [5.74, 6) is 0.304. The summed E-state index contributed by atoms with van der Waals surface area (Å²) in [5.41, 5.74) is 2.68. The van der Waals surface area contributed by atoms with Crippen molar-refractivity contribution in [2.45, 2.75) is 52.0 Å². The number of carbonyl (C=O) groups is 2. The molecule has 0 bridgehead atoms. The van der Waals surface area contributed by atoms with Crippen molar-refractivity contribution in [3.63, 3.8) is 0 Å². The molecule has 3 rings (SSSR count). The molecule has 1 aliphatic heterocycles. The maximum atomic E-state index is 13.1. The summed E-state index contributed by atoms with van der Waals surface area (Å²) in [7, 11) is 1.94. The zero-order valence-corrected chi connectivity index (χ0v) is 15.7. The van der Waals surface area contributed by atoms with Crippen LogP contribution in [0, 0.1) is 11.8 Å². The third-order valence-corrected chi connectivity index (χ3v) is 5.73. The molecule has 1 heterocycles. The predicted octanol–water partition coefficient (Wildman–Crippen LogP) is 3.42. The van der Waals surface area contributed by atoms with Crippen molar-refractivity contribution in [3.8, 4) is 0 Å². The Kier molecular flexibility index (Phi) is 5.45. The molecule has 0 N–H and O–H groups in total. The molecule has 1 aliphatic carbocycles. The first kappa shape index (κ1) is 18.0. The topological polar surface area (TPSA) is 40.6 Å². The summed E-state index contributed by atoms with van der Waals surface area (Å²) in [5, 5.41) is 0. The summed E-state index contributed by atoms with van der Waals surface area (Å²) >= 11 is 0. The van der Waals surface area contributed by atoms with E-state index >= 15 is 0 Å². The number of hydrogen-bond acceptors (Lipinski definition) is 2. The SMILES string of the molecule is CC(C)C(=O)N1CCCC(C(=O)N(C)C2CCCc3ccccc32)C1. The Labute approximate surface area is 151 Å². The average molecular weight is 342 g/mol. The Bertz CT molecular complexity index is 641. The third kappa shape index (κ3) is 3.73. The first-order valence-electron chi connectivity index (χ1n) is 9.62. The molecule has 0 radical (unpaired) electrons. The van der Waals surface area contributed by atoms with Gasteiger partial charge >= 0.3 is 0 Å².